The highest BCUT2D eigenvalue weighted by molar-refractivity contribution is 5.94. The van der Waals surface area contributed by atoms with Crippen LogP contribution < -0.4 is 5.32 Å². The van der Waals surface area contributed by atoms with Crippen LogP contribution in [0.3, 0.4) is 0 Å². The number of carbonyl (C=O) groups is 1. The van der Waals surface area contributed by atoms with Crippen molar-refractivity contribution in [3.63, 3.8) is 0 Å². The molecule has 2 aromatic rings. The molecule has 21 heavy (non-hydrogen) atoms. The summed E-state index contributed by atoms with van der Waals surface area (Å²) in [4.78, 5) is 12.2. The van der Waals surface area contributed by atoms with E-state index in [2.05, 4.69) is 26.1 Å². The fourth-order valence-corrected chi connectivity index (χ4v) is 2.21. The standard InChI is InChI=1S/C18H23NO2/c1-13(12-16-6-5-11-21-16)19-17(20)14-7-9-15(10-8-14)18(2,3)4/h5-11,13H,12H2,1-4H3,(H,19,20). The van der Waals surface area contributed by atoms with Gasteiger partial charge in [-0.15, -0.1) is 0 Å². The highest BCUT2D eigenvalue weighted by Gasteiger charge is 2.15. The van der Waals surface area contributed by atoms with Gasteiger partial charge in [-0.25, -0.2) is 0 Å². The molecule has 112 valence electrons. The number of nitrogens with one attached hydrogen (secondary N) is 1. The molecule has 1 amide bonds. The Morgan fingerprint density at radius 2 is 1.86 bits per heavy atom. The normalized spacial score (nSPS) is 13.0. The Kier molecular flexibility index (Phi) is 4.51. The van der Waals surface area contributed by atoms with Crippen molar-refractivity contribution in [1.82, 2.24) is 5.32 Å². The molecule has 0 bridgehead atoms. The predicted octanol–water partition coefficient (Wildman–Crippen LogP) is 3.94. The van der Waals surface area contributed by atoms with Crippen LogP contribution in [0.2, 0.25) is 0 Å². The summed E-state index contributed by atoms with van der Waals surface area (Å²) in [7, 11) is 0. The second-order valence-corrected chi connectivity index (χ2v) is 6.49. The van der Waals surface area contributed by atoms with E-state index in [0.29, 0.717) is 12.0 Å². The van der Waals surface area contributed by atoms with E-state index in [0.717, 1.165) is 5.76 Å². The van der Waals surface area contributed by atoms with E-state index in [1.807, 2.05) is 43.3 Å². The van der Waals surface area contributed by atoms with Crippen molar-refractivity contribution in [2.75, 3.05) is 0 Å². The predicted molar refractivity (Wildman–Crippen MR) is 84.5 cm³/mol. The molecule has 0 aliphatic heterocycles. The summed E-state index contributed by atoms with van der Waals surface area (Å²) in [6.07, 6.45) is 2.34. The van der Waals surface area contributed by atoms with Crippen molar-refractivity contribution in [1.29, 1.82) is 0 Å². The maximum Gasteiger partial charge on any atom is 0.251 e. The molecule has 0 aliphatic carbocycles. The summed E-state index contributed by atoms with van der Waals surface area (Å²) < 4.78 is 5.29. The zero-order chi connectivity index (χ0) is 15.5. The molecule has 3 heteroatoms. The van der Waals surface area contributed by atoms with Crippen LogP contribution in [0.1, 0.15) is 49.4 Å². The van der Waals surface area contributed by atoms with Crippen LogP contribution in [0.4, 0.5) is 0 Å². The summed E-state index contributed by atoms with van der Waals surface area (Å²) in [5.41, 5.74) is 2.01. The van der Waals surface area contributed by atoms with Gasteiger partial charge in [0.05, 0.1) is 6.26 Å². The molecule has 0 spiro atoms. The Morgan fingerprint density at radius 3 is 2.38 bits per heavy atom. The SMILES string of the molecule is CC(Cc1ccco1)NC(=O)c1ccc(C(C)(C)C)cc1. The number of furan rings is 1. The van der Waals surface area contributed by atoms with Crippen LogP contribution in [0.25, 0.3) is 0 Å². The fraction of sp³-hybridized carbons (Fsp3) is 0.389. The van der Waals surface area contributed by atoms with E-state index in [4.69, 9.17) is 4.42 Å². The molecule has 2 rings (SSSR count). The minimum Gasteiger partial charge on any atom is -0.469 e. The Hall–Kier alpha value is -2.03. The second-order valence-electron chi connectivity index (χ2n) is 6.49. The molecule has 0 aliphatic rings. The molecular weight excluding hydrogens is 262 g/mol. The van der Waals surface area contributed by atoms with E-state index < -0.39 is 0 Å². The molecule has 1 atom stereocenters. The first-order chi connectivity index (χ1) is 9.86. The van der Waals surface area contributed by atoms with E-state index >= 15 is 0 Å². The van der Waals surface area contributed by atoms with E-state index in [1.54, 1.807) is 6.26 Å². The number of carbonyl (C=O) groups excluding carboxylic acids is 1. The number of benzene rings is 1. The molecule has 1 aromatic heterocycles. The van der Waals surface area contributed by atoms with Crippen molar-refractivity contribution in [2.45, 2.75) is 45.6 Å². The molecule has 3 nitrogen and oxygen atoms in total. The van der Waals surface area contributed by atoms with Gasteiger partial charge in [0.25, 0.3) is 5.91 Å². The van der Waals surface area contributed by atoms with Crippen molar-refractivity contribution in [2.24, 2.45) is 0 Å². The van der Waals surface area contributed by atoms with Crippen molar-refractivity contribution >= 4 is 5.91 Å². The average Bonchev–Trinajstić information content (AvgIpc) is 2.90. The first-order valence-corrected chi connectivity index (χ1v) is 7.30. The topological polar surface area (TPSA) is 42.2 Å². The zero-order valence-corrected chi connectivity index (χ0v) is 13.1. The summed E-state index contributed by atoms with van der Waals surface area (Å²) in [6.45, 7) is 8.46. The number of hydrogen-bond acceptors (Lipinski definition) is 2. The van der Waals surface area contributed by atoms with Crippen LogP contribution in [-0.2, 0) is 11.8 Å². The monoisotopic (exact) mass is 285 g/mol. The third kappa shape index (κ3) is 4.22. The lowest BCUT2D eigenvalue weighted by Crippen LogP contribution is -2.34. The lowest BCUT2D eigenvalue weighted by Gasteiger charge is -2.19. The van der Waals surface area contributed by atoms with Gasteiger partial charge in [0.2, 0.25) is 0 Å². The fourth-order valence-electron chi connectivity index (χ4n) is 2.21. The largest absolute Gasteiger partial charge is 0.469 e. The van der Waals surface area contributed by atoms with Crippen molar-refractivity contribution in [3.05, 3.63) is 59.5 Å². The molecule has 1 N–H and O–H groups in total. The van der Waals surface area contributed by atoms with Gasteiger partial charge in [-0.05, 0) is 42.2 Å². The van der Waals surface area contributed by atoms with Gasteiger partial charge < -0.3 is 9.73 Å². The van der Waals surface area contributed by atoms with Gasteiger partial charge in [-0.2, -0.15) is 0 Å². The Morgan fingerprint density at radius 1 is 1.19 bits per heavy atom. The number of hydrogen-bond donors (Lipinski definition) is 1. The lowest BCUT2D eigenvalue weighted by atomic mass is 9.86. The third-order valence-corrected chi connectivity index (χ3v) is 3.48. The van der Waals surface area contributed by atoms with Crippen molar-refractivity contribution in [3.8, 4) is 0 Å². The quantitative estimate of drug-likeness (QED) is 0.924. The van der Waals surface area contributed by atoms with Gasteiger partial charge in [0, 0.05) is 18.0 Å². The van der Waals surface area contributed by atoms with E-state index in [-0.39, 0.29) is 17.4 Å². The Bertz CT molecular complexity index is 577. The summed E-state index contributed by atoms with van der Waals surface area (Å²) in [6, 6.07) is 11.6. The summed E-state index contributed by atoms with van der Waals surface area (Å²) >= 11 is 0. The number of rotatable bonds is 4. The molecule has 1 aromatic carbocycles. The van der Waals surface area contributed by atoms with E-state index in [1.165, 1.54) is 5.56 Å². The van der Waals surface area contributed by atoms with Crippen LogP contribution in [-0.4, -0.2) is 11.9 Å². The van der Waals surface area contributed by atoms with Gasteiger partial charge in [0.1, 0.15) is 5.76 Å². The highest BCUT2D eigenvalue weighted by Crippen LogP contribution is 2.22. The molecular formula is C18H23NO2. The van der Waals surface area contributed by atoms with Crippen LogP contribution >= 0.6 is 0 Å². The first-order valence-electron chi connectivity index (χ1n) is 7.30. The van der Waals surface area contributed by atoms with Crippen molar-refractivity contribution < 1.29 is 9.21 Å². The minimum absolute atomic E-state index is 0.0333. The average molecular weight is 285 g/mol. The lowest BCUT2D eigenvalue weighted by molar-refractivity contribution is 0.0939. The van der Waals surface area contributed by atoms with Crippen LogP contribution in [0.15, 0.2) is 47.1 Å². The second kappa shape index (κ2) is 6.17. The smallest absolute Gasteiger partial charge is 0.251 e. The molecule has 0 saturated carbocycles. The maximum atomic E-state index is 12.2. The molecule has 1 unspecified atom stereocenters. The molecule has 1 heterocycles. The zero-order valence-electron chi connectivity index (χ0n) is 13.1. The third-order valence-electron chi connectivity index (χ3n) is 3.48. The first kappa shape index (κ1) is 15.4. The molecule has 0 fully saturated rings. The summed E-state index contributed by atoms with van der Waals surface area (Å²) in [5.74, 6) is 0.834. The van der Waals surface area contributed by atoms with Gasteiger partial charge in [-0.1, -0.05) is 32.9 Å². The van der Waals surface area contributed by atoms with Gasteiger partial charge >= 0.3 is 0 Å². The Labute approximate surface area is 126 Å². The van der Waals surface area contributed by atoms with Crippen LogP contribution in [0, 0.1) is 0 Å². The van der Waals surface area contributed by atoms with Crippen LogP contribution in [0.5, 0.6) is 0 Å². The van der Waals surface area contributed by atoms with Gasteiger partial charge in [0.15, 0.2) is 0 Å². The van der Waals surface area contributed by atoms with Gasteiger partial charge in [-0.3, -0.25) is 4.79 Å². The highest BCUT2D eigenvalue weighted by atomic mass is 16.3. The van der Waals surface area contributed by atoms with E-state index in [9.17, 15) is 4.79 Å². The molecule has 0 radical (unpaired) electrons. The molecule has 0 saturated heterocycles. The summed E-state index contributed by atoms with van der Waals surface area (Å²) in [5, 5.41) is 2.99. The minimum atomic E-state index is -0.0467. The Balaban J connectivity index is 1.97. The number of amides is 1. The maximum absolute atomic E-state index is 12.2.